The van der Waals surface area contributed by atoms with Crippen molar-refractivity contribution in [3.05, 3.63) is 87.7 Å². The first-order valence-electron chi connectivity index (χ1n) is 10.2. The zero-order chi connectivity index (χ0) is 26.2. The van der Waals surface area contributed by atoms with Crippen molar-refractivity contribution in [3.8, 4) is 0 Å². The zero-order valence-corrected chi connectivity index (χ0v) is 20.2. The highest BCUT2D eigenvalue weighted by Gasteiger charge is 2.38. The summed E-state index contributed by atoms with van der Waals surface area (Å²) < 4.78 is 34.6. The molecule has 0 fully saturated rings. The molecular weight excluding hydrogens is 500 g/mol. The van der Waals surface area contributed by atoms with Crippen LogP contribution in [-0.2, 0) is 24.4 Å². The molecule has 1 atom stereocenters. The summed E-state index contributed by atoms with van der Waals surface area (Å²) >= 11 is 6.22. The Morgan fingerprint density at radius 1 is 1.03 bits per heavy atom. The number of carbonyl (C=O) groups is 2. The molecule has 1 heterocycles. The van der Waals surface area contributed by atoms with Crippen molar-refractivity contribution in [2.45, 2.75) is 17.7 Å². The van der Waals surface area contributed by atoms with E-state index in [0.717, 1.165) is 0 Å². The van der Waals surface area contributed by atoms with Crippen molar-refractivity contribution in [1.82, 2.24) is 5.32 Å². The maximum Gasteiger partial charge on any atom is 0.334 e. The van der Waals surface area contributed by atoms with E-state index in [1.807, 2.05) is 0 Å². The molecule has 12 heteroatoms. The number of benzene rings is 2. The minimum atomic E-state index is -4.00. The summed E-state index contributed by atoms with van der Waals surface area (Å²) in [6.45, 7) is 2.10. The molecule has 1 aliphatic rings. The highest BCUT2D eigenvalue weighted by molar-refractivity contribution is 7.85. The van der Waals surface area contributed by atoms with Crippen LogP contribution in [-0.4, -0.2) is 54.9 Å². The summed E-state index contributed by atoms with van der Waals surface area (Å²) in [4.78, 5) is 23.6. The lowest BCUT2D eigenvalue weighted by atomic mass is 9.80. The first-order valence-corrected chi connectivity index (χ1v) is 12.0. The number of nitrogens with one attached hydrogen (secondary N) is 1. The van der Waals surface area contributed by atoms with Crippen molar-refractivity contribution >= 4 is 33.7 Å². The number of dihydropyridines is 1. The Kier molecular flexibility index (Phi) is 9.99. The summed E-state index contributed by atoms with van der Waals surface area (Å²) in [5, 5.41) is 22.5. The third-order valence-electron chi connectivity index (χ3n) is 4.87. The van der Waals surface area contributed by atoms with Gasteiger partial charge in [0.1, 0.15) is 0 Å². The molecule has 10 nitrogen and oxygen atoms in total. The molecule has 0 aromatic heterocycles. The number of rotatable bonds is 8. The Hall–Kier alpha value is -3.22. The van der Waals surface area contributed by atoms with Crippen molar-refractivity contribution in [3.63, 3.8) is 0 Å². The minimum Gasteiger partial charge on any atom is -0.478 e. The van der Waals surface area contributed by atoms with Crippen LogP contribution in [0.25, 0.3) is 0 Å². The van der Waals surface area contributed by atoms with E-state index in [0.29, 0.717) is 22.8 Å². The molecule has 0 saturated heterocycles. The number of carboxylic acids is 2. The largest absolute Gasteiger partial charge is 0.478 e. The Morgan fingerprint density at radius 2 is 1.60 bits per heavy atom. The van der Waals surface area contributed by atoms with E-state index < -0.39 is 28.0 Å². The Balaban J connectivity index is 0.000000360. The highest BCUT2D eigenvalue weighted by atomic mass is 35.5. The van der Waals surface area contributed by atoms with Crippen LogP contribution < -0.4 is 11.1 Å². The lowest BCUT2D eigenvalue weighted by Gasteiger charge is -2.30. The highest BCUT2D eigenvalue weighted by Crippen LogP contribution is 2.41. The van der Waals surface area contributed by atoms with E-state index >= 15 is 0 Å². The van der Waals surface area contributed by atoms with Gasteiger partial charge in [-0.1, -0.05) is 48.0 Å². The van der Waals surface area contributed by atoms with Gasteiger partial charge in [0.05, 0.1) is 40.9 Å². The average Bonchev–Trinajstić information content (AvgIpc) is 2.79. The van der Waals surface area contributed by atoms with Crippen LogP contribution in [0.2, 0.25) is 5.02 Å². The van der Waals surface area contributed by atoms with Crippen LogP contribution >= 0.6 is 11.6 Å². The number of ether oxygens (including phenoxy) is 1. The maximum absolute atomic E-state index is 11.9. The number of nitrogens with two attached hydrogens (primary N) is 1. The number of hydrogen-bond acceptors (Lipinski definition) is 7. The third-order valence-corrected chi connectivity index (χ3v) is 6.08. The molecule has 0 aliphatic carbocycles. The van der Waals surface area contributed by atoms with Crippen LogP contribution in [0.15, 0.2) is 82.0 Å². The molecule has 2 aromatic carbocycles. The van der Waals surface area contributed by atoms with Gasteiger partial charge < -0.3 is 26.0 Å². The predicted molar refractivity (Wildman–Crippen MR) is 128 cm³/mol. The number of hydrogen-bond donors (Lipinski definition) is 5. The maximum atomic E-state index is 11.9. The van der Waals surface area contributed by atoms with Gasteiger partial charge >= 0.3 is 11.9 Å². The molecule has 1 unspecified atom stereocenters. The molecule has 188 valence electrons. The van der Waals surface area contributed by atoms with Gasteiger partial charge in [0.2, 0.25) is 0 Å². The van der Waals surface area contributed by atoms with Gasteiger partial charge in [0.15, 0.2) is 0 Å². The van der Waals surface area contributed by atoms with Crippen molar-refractivity contribution in [2.24, 2.45) is 5.73 Å². The first kappa shape index (κ1) is 28.0. The molecule has 35 heavy (non-hydrogen) atoms. The van der Waals surface area contributed by atoms with Crippen molar-refractivity contribution in [1.29, 1.82) is 0 Å². The smallest absolute Gasteiger partial charge is 0.334 e. The van der Waals surface area contributed by atoms with E-state index in [2.05, 4.69) is 5.32 Å². The standard InChI is InChI=1S/C17H19ClN2O5.C6H6O3S/c1-9-13(16(21)22)14(10-4-2-3-5-11(10)18)15(17(23)24)12(20-9)8-25-7-6-19;7-10(8,9)6-4-2-1-3-5-6/h2-5,14,20H,6-8,19H2,1H3,(H,21,22)(H,23,24);1-5H,(H,7,8,9). The van der Waals surface area contributed by atoms with Crippen LogP contribution in [0.5, 0.6) is 0 Å². The molecule has 0 radical (unpaired) electrons. The topological polar surface area (TPSA) is 176 Å². The van der Waals surface area contributed by atoms with Gasteiger partial charge in [-0.15, -0.1) is 0 Å². The first-order chi connectivity index (χ1) is 16.5. The van der Waals surface area contributed by atoms with Gasteiger partial charge in [-0.25, -0.2) is 9.59 Å². The zero-order valence-electron chi connectivity index (χ0n) is 18.6. The molecule has 0 saturated carbocycles. The fourth-order valence-corrected chi connectivity index (χ4v) is 4.16. The van der Waals surface area contributed by atoms with Crippen LogP contribution in [0, 0.1) is 0 Å². The summed E-state index contributed by atoms with van der Waals surface area (Å²) in [6, 6.07) is 14.0. The molecular formula is C23H25ClN2O8S. The fourth-order valence-electron chi connectivity index (χ4n) is 3.42. The molecule has 6 N–H and O–H groups in total. The van der Waals surface area contributed by atoms with Crippen LogP contribution in [0.1, 0.15) is 18.4 Å². The quantitative estimate of drug-likeness (QED) is 0.255. The predicted octanol–water partition coefficient (Wildman–Crippen LogP) is 2.63. The number of allylic oxidation sites excluding steroid dienone is 1. The van der Waals surface area contributed by atoms with Gasteiger partial charge in [-0.2, -0.15) is 8.42 Å². The molecule has 1 aliphatic heterocycles. The average molecular weight is 525 g/mol. The third kappa shape index (κ3) is 7.38. The molecule has 0 bridgehead atoms. The number of aliphatic carboxylic acids is 2. The van der Waals surface area contributed by atoms with Crippen molar-refractivity contribution in [2.75, 3.05) is 19.8 Å². The molecule has 3 rings (SSSR count). The number of carboxylic acid groups (broad SMARTS) is 2. The van der Waals surface area contributed by atoms with E-state index in [-0.39, 0.29) is 35.0 Å². The summed E-state index contributed by atoms with van der Waals surface area (Å²) in [6.07, 6.45) is 0. The second-order valence-electron chi connectivity index (χ2n) is 7.25. The van der Waals surface area contributed by atoms with Gasteiger partial charge in [0.25, 0.3) is 10.1 Å². The lowest BCUT2D eigenvalue weighted by Crippen LogP contribution is -2.34. The summed E-state index contributed by atoms with van der Waals surface area (Å²) in [5.74, 6) is -3.47. The van der Waals surface area contributed by atoms with Crippen molar-refractivity contribution < 1.29 is 37.5 Å². The summed E-state index contributed by atoms with van der Waals surface area (Å²) in [7, 11) is -4.00. The van der Waals surface area contributed by atoms with E-state index in [1.165, 1.54) is 12.1 Å². The second kappa shape index (κ2) is 12.5. The normalized spacial score (nSPS) is 15.7. The van der Waals surface area contributed by atoms with E-state index in [4.69, 9.17) is 26.6 Å². The Labute approximate surface area is 207 Å². The van der Waals surface area contributed by atoms with Crippen LogP contribution in [0.4, 0.5) is 0 Å². The van der Waals surface area contributed by atoms with Crippen LogP contribution in [0.3, 0.4) is 0 Å². The molecule has 0 spiro atoms. The molecule has 2 aromatic rings. The van der Waals surface area contributed by atoms with Gasteiger partial charge in [0, 0.05) is 17.3 Å². The SMILES string of the molecule is CC1=C(C(=O)O)C(c2ccccc2Cl)C(C(=O)O)=C(COCCN)N1.O=S(=O)(O)c1ccccc1. The Morgan fingerprint density at radius 3 is 2.09 bits per heavy atom. The van der Waals surface area contributed by atoms with E-state index in [1.54, 1.807) is 49.4 Å². The Bertz CT molecular complexity index is 1240. The number of halogens is 1. The fraction of sp³-hybridized carbons (Fsp3) is 0.217. The monoisotopic (exact) mass is 524 g/mol. The second-order valence-corrected chi connectivity index (χ2v) is 9.08. The van der Waals surface area contributed by atoms with E-state index in [9.17, 15) is 28.2 Å². The minimum absolute atomic E-state index is 0.0238. The van der Waals surface area contributed by atoms with Gasteiger partial charge in [-0.3, -0.25) is 4.55 Å². The van der Waals surface area contributed by atoms with Gasteiger partial charge in [-0.05, 0) is 30.7 Å². The lowest BCUT2D eigenvalue weighted by molar-refractivity contribution is -0.133. The molecule has 0 amide bonds. The summed E-state index contributed by atoms with van der Waals surface area (Å²) in [5.41, 5.74) is 6.26.